The minimum absolute atomic E-state index is 0.0470. The van der Waals surface area contributed by atoms with Crippen LogP contribution in [0.15, 0.2) is 36.5 Å². The third-order valence-corrected chi connectivity index (χ3v) is 4.51. The summed E-state index contributed by atoms with van der Waals surface area (Å²) in [6.45, 7) is 6.22. The Balaban J connectivity index is 1.64. The lowest BCUT2D eigenvalue weighted by molar-refractivity contribution is -0.385. The summed E-state index contributed by atoms with van der Waals surface area (Å²) >= 11 is 0. The number of hydrogen-bond acceptors (Lipinski definition) is 5. The van der Waals surface area contributed by atoms with Gasteiger partial charge in [0.25, 0.3) is 0 Å². The molecule has 2 aromatic heterocycles. The fraction of sp³-hybridized carbons (Fsp3) is 0.316. The van der Waals surface area contributed by atoms with Crippen molar-refractivity contribution in [3.8, 4) is 0 Å². The standard InChI is InChI=1S/C19H22N6O3/c1-13-17(25(27)28)12-23(21-13)10-9-18(26)20-19-14(2)22-24(15(19)3)11-16-7-5-4-6-8-16/h4-8,12H,9-11H2,1-3H3,(H,20,26). The minimum atomic E-state index is -0.479. The molecule has 3 aromatic rings. The molecule has 1 N–H and O–H groups in total. The second-order valence-electron chi connectivity index (χ2n) is 6.61. The predicted octanol–water partition coefficient (Wildman–Crippen LogP) is 2.99. The van der Waals surface area contributed by atoms with E-state index in [9.17, 15) is 14.9 Å². The smallest absolute Gasteiger partial charge is 0.309 e. The van der Waals surface area contributed by atoms with E-state index < -0.39 is 4.92 Å². The first-order valence-corrected chi connectivity index (χ1v) is 8.91. The molecule has 0 spiro atoms. The summed E-state index contributed by atoms with van der Waals surface area (Å²) in [5.74, 6) is -0.193. The summed E-state index contributed by atoms with van der Waals surface area (Å²) in [4.78, 5) is 22.8. The van der Waals surface area contributed by atoms with E-state index in [2.05, 4.69) is 15.5 Å². The molecule has 9 heteroatoms. The number of nitrogens with one attached hydrogen (secondary N) is 1. The lowest BCUT2D eigenvalue weighted by atomic mass is 10.2. The summed E-state index contributed by atoms with van der Waals surface area (Å²) in [7, 11) is 0. The summed E-state index contributed by atoms with van der Waals surface area (Å²) in [5, 5.41) is 22.4. The van der Waals surface area contributed by atoms with Crippen molar-refractivity contribution in [1.29, 1.82) is 0 Å². The van der Waals surface area contributed by atoms with Crippen molar-refractivity contribution in [1.82, 2.24) is 19.6 Å². The Morgan fingerprint density at radius 2 is 1.86 bits per heavy atom. The number of hydrogen-bond donors (Lipinski definition) is 1. The van der Waals surface area contributed by atoms with Gasteiger partial charge in [0.05, 0.1) is 28.5 Å². The van der Waals surface area contributed by atoms with Crippen LogP contribution in [0.3, 0.4) is 0 Å². The number of rotatable bonds is 7. The lowest BCUT2D eigenvalue weighted by Gasteiger charge is -2.07. The van der Waals surface area contributed by atoms with E-state index in [4.69, 9.17) is 0 Å². The van der Waals surface area contributed by atoms with Crippen molar-refractivity contribution in [3.05, 3.63) is 69.3 Å². The van der Waals surface area contributed by atoms with Crippen LogP contribution in [0.4, 0.5) is 11.4 Å². The molecule has 1 amide bonds. The third-order valence-electron chi connectivity index (χ3n) is 4.51. The molecule has 28 heavy (non-hydrogen) atoms. The van der Waals surface area contributed by atoms with Crippen LogP contribution in [0.1, 0.15) is 29.1 Å². The summed E-state index contributed by atoms with van der Waals surface area (Å²) in [6, 6.07) is 9.97. The molecule has 0 saturated carbocycles. The summed E-state index contributed by atoms with van der Waals surface area (Å²) < 4.78 is 3.28. The van der Waals surface area contributed by atoms with Crippen LogP contribution in [-0.4, -0.2) is 30.4 Å². The van der Waals surface area contributed by atoms with Crippen LogP contribution in [0.2, 0.25) is 0 Å². The monoisotopic (exact) mass is 382 g/mol. The number of aryl methyl sites for hydroxylation is 3. The molecule has 0 aliphatic rings. The molecule has 0 unspecified atom stereocenters. The van der Waals surface area contributed by atoms with Gasteiger partial charge in [0.1, 0.15) is 11.9 Å². The van der Waals surface area contributed by atoms with Gasteiger partial charge in [-0.2, -0.15) is 10.2 Å². The van der Waals surface area contributed by atoms with E-state index in [0.29, 0.717) is 17.9 Å². The van der Waals surface area contributed by atoms with Crippen molar-refractivity contribution in [2.45, 2.75) is 40.3 Å². The number of anilines is 1. The molecular weight excluding hydrogens is 360 g/mol. The van der Waals surface area contributed by atoms with Crippen LogP contribution in [-0.2, 0) is 17.9 Å². The topological polar surface area (TPSA) is 108 Å². The van der Waals surface area contributed by atoms with Crippen molar-refractivity contribution in [2.24, 2.45) is 0 Å². The van der Waals surface area contributed by atoms with Crippen molar-refractivity contribution < 1.29 is 9.72 Å². The lowest BCUT2D eigenvalue weighted by Crippen LogP contribution is -2.16. The molecule has 0 aliphatic heterocycles. The first-order chi connectivity index (χ1) is 13.3. The molecule has 0 saturated heterocycles. The number of carbonyl (C=O) groups is 1. The Morgan fingerprint density at radius 3 is 2.50 bits per heavy atom. The maximum atomic E-state index is 12.4. The van der Waals surface area contributed by atoms with Gasteiger partial charge in [-0.1, -0.05) is 30.3 Å². The van der Waals surface area contributed by atoms with Crippen LogP contribution in [0.25, 0.3) is 0 Å². The van der Waals surface area contributed by atoms with Crippen LogP contribution >= 0.6 is 0 Å². The van der Waals surface area contributed by atoms with Gasteiger partial charge < -0.3 is 5.32 Å². The molecule has 146 valence electrons. The largest absolute Gasteiger partial charge is 0.323 e. The molecule has 0 atom stereocenters. The fourth-order valence-corrected chi connectivity index (χ4v) is 3.01. The Bertz CT molecular complexity index is 1010. The molecule has 3 rings (SSSR count). The highest BCUT2D eigenvalue weighted by Gasteiger charge is 2.17. The van der Waals surface area contributed by atoms with Gasteiger partial charge >= 0.3 is 5.69 Å². The first-order valence-electron chi connectivity index (χ1n) is 8.91. The average Bonchev–Trinajstić information content (AvgIpc) is 3.16. The highest BCUT2D eigenvalue weighted by molar-refractivity contribution is 5.91. The van der Waals surface area contributed by atoms with Gasteiger partial charge in [-0.15, -0.1) is 0 Å². The molecule has 1 aromatic carbocycles. The van der Waals surface area contributed by atoms with Gasteiger partial charge in [0.15, 0.2) is 0 Å². The Labute approximate surface area is 162 Å². The van der Waals surface area contributed by atoms with Gasteiger partial charge in [0.2, 0.25) is 5.91 Å². The molecule has 9 nitrogen and oxygen atoms in total. The molecule has 2 heterocycles. The molecule has 0 fully saturated rings. The van der Waals surface area contributed by atoms with Crippen molar-refractivity contribution in [2.75, 3.05) is 5.32 Å². The van der Waals surface area contributed by atoms with E-state index in [1.54, 1.807) is 6.92 Å². The number of nitro groups is 1. The maximum absolute atomic E-state index is 12.4. The summed E-state index contributed by atoms with van der Waals surface area (Å²) in [5.41, 5.74) is 3.73. The maximum Gasteiger partial charge on any atom is 0.309 e. The minimum Gasteiger partial charge on any atom is -0.323 e. The van der Waals surface area contributed by atoms with E-state index in [1.165, 1.54) is 10.9 Å². The van der Waals surface area contributed by atoms with Crippen molar-refractivity contribution >= 4 is 17.3 Å². The Kier molecular flexibility index (Phi) is 5.53. The normalized spacial score (nSPS) is 10.8. The number of amides is 1. The predicted molar refractivity (Wildman–Crippen MR) is 104 cm³/mol. The highest BCUT2D eigenvalue weighted by atomic mass is 16.6. The highest BCUT2D eigenvalue weighted by Crippen LogP contribution is 2.21. The third kappa shape index (κ3) is 4.25. The van der Waals surface area contributed by atoms with E-state index >= 15 is 0 Å². The SMILES string of the molecule is Cc1nn(CCC(=O)Nc2c(C)nn(Cc3ccccc3)c2C)cc1[N+](=O)[O-]. The van der Waals surface area contributed by atoms with Gasteiger partial charge in [-0.25, -0.2) is 0 Å². The molecule has 0 bridgehead atoms. The van der Waals surface area contributed by atoms with Crippen LogP contribution < -0.4 is 5.32 Å². The van der Waals surface area contributed by atoms with Gasteiger partial charge in [-0.05, 0) is 26.3 Å². The zero-order valence-corrected chi connectivity index (χ0v) is 16.0. The number of aromatic nitrogens is 4. The van der Waals surface area contributed by atoms with Gasteiger partial charge in [0, 0.05) is 13.0 Å². The summed E-state index contributed by atoms with van der Waals surface area (Å²) in [6.07, 6.45) is 1.50. The quantitative estimate of drug-likeness (QED) is 0.499. The number of carbonyl (C=O) groups excluding carboxylic acids is 1. The Hall–Kier alpha value is -3.49. The van der Waals surface area contributed by atoms with E-state index in [-0.39, 0.29) is 24.6 Å². The van der Waals surface area contributed by atoms with Crippen LogP contribution in [0, 0.1) is 30.9 Å². The first kappa shape index (κ1) is 19.3. The van der Waals surface area contributed by atoms with Gasteiger partial charge in [-0.3, -0.25) is 24.3 Å². The number of nitrogens with zero attached hydrogens (tertiary/aromatic N) is 5. The molecular formula is C19H22N6O3. The van der Waals surface area contributed by atoms with E-state index in [1.807, 2.05) is 48.9 Å². The zero-order valence-electron chi connectivity index (χ0n) is 16.0. The average molecular weight is 382 g/mol. The molecule has 0 radical (unpaired) electrons. The zero-order chi connectivity index (χ0) is 20.3. The number of benzene rings is 1. The van der Waals surface area contributed by atoms with E-state index in [0.717, 1.165) is 17.0 Å². The second kappa shape index (κ2) is 8.03. The Morgan fingerprint density at radius 1 is 1.14 bits per heavy atom. The molecule has 0 aliphatic carbocycles. The van der Waals surface area contributed by atoms with Crippen LogP contribution in [0.5, 0.6) is 0 Å². The second-order valence-corrected chi connectivity index (χ2v) is 6.61. The van der Waals surface area contributed by atoms with Crippen molar-refractivity contribution in [3.63, 3.8) is 0 Å². The fourth-order valence-electron chi connectivity index (χ4n) is 3.01.